The fraction of sp³-hybridized carbons (Fsp3) is 0.167. The minimum Gasteiger partial charge on any atom is -0.496 e. The van der Waals surface area contributed by atoms with Gasteiger partial charge in [-0.1, -0.05) is 18.2 Å². The largest absolute Gasteiger partial charge is 0.496 e. The first-order chi connectivity index (χ1) is 15.1. The second kappa shape index (κ2) is 8.02. The number of methoxy groups -OCH3 is 4. The van der Waals surface area contributed by atoms with Crippen molar-refractivity contribution in [2.24, 2.45) is 0 Å². The normalized spacial score (nSPS) is 10.8. The van der Waals surface area contributed by atoms with Crippen LogP contribution in [0.1, 0.15) is 10.4 Å². The van der Waals surface area contributed by atoms with Gasteiger partial charge < -0.3 is 23.4 Å². The lowest BCUT2D eigenvalue weighted by atomic mass is 9.98. The van der Waals surface area contributed by atoms with Gasteiger partial charge in [-0.05, 0) is 23.8 Å². The number of fused-ring (bicyclic) bond motifs is 2. The molecule has 1 aromatic heterocycles. The second-order valence-electron chi connectivity index (χ2n) is 6.71. The Morgan fingerprint density at radius 3 is 2.19 bits per heavy atom. The Morgan fingerprint density at radius 1 is 0.806 bits per heavy atom. The summed E-state index contributed by atoms with van der Waals surface area (Å²) in [6.07, 6.45) is 0.751. The van der Waals surface area contributed by atoms with E-state index in [-0.39, 0.29) is 22.0 Å². The Kier molecular flexibility index (Phi) is 5.25. The number of ether oxygens (including phenoxy) is 4. The standard InChI is InChI=1S/C24H20O7/c1-27-16-9-8-15-21(26)20-18(29-3)11-17(28-2)19(14-7-5-6-13(10-14)12-25)24(20)31-22(15)23(16)30-4/h5-12H,1-4H3. The maximum Gasteiger partial charge on any atom is 0.204 e. The van der Waals surface area contributed by atoms with Crippen LogP contribution in [0.2, 0.25) is 0 Å². The Morgan fingerprint density at radius 2 is 1.55 bits per heavy atom. The number of carbonyl (C=O) groups excluding carboxylic acids is 1. The Bertz CT molecular complexity index is 1370. The molecule has 0 saturated heterocycles. The van der Waals surface area contributed by atoms with E-state index in [1.54, 1.807) is 36.4 Å². The molecule has 0 spiro atoms. The van der Waals surface area contributed by atoms with Crippen molar-refractivity contribution < 1.29 is 28.2 Å². The van der Waals surface area contributed by atoms with E-state index in [0.717, 1.165) is 6.29 Å². The number of hydrogen-bond acceptors (Lipinski definition) is 7. The summed E-state index contributed by atoms with van der Waals surface area (Å²) in [6.45, 7) is 0. The molecule has 0 radical (unpaired) electrons. The van der Waals surface area contributed by atoms with Crippen molar-refractivity contribution >= 4 is 28.2 Å². The second-order valence-corrected chi connectivity index (χ2v) is 6.71. The molecule has 31 heavy (non-hydrogen) atoms. The number of aldehydes is 1. The van der Waals surface area contributed by atoms with Crippen molar-refractivity contribution in [3.05, 3.63) is 58.3 Å². The van der Waals surface area contributed by atoms with Crippen LogP contribution in [0.3, 0.4) is 0 Å². The highest BCUT2D eigenvalue weighted by Gasteiger charge is 2.24. The van der Waals surface area contributed by atoms with Gasteiger partial charge in [-0.2, -0.15) is 0 Å². The van der Waals surface area contributed by atoms with Gasteiger partial charge in [-0.15, -0.1) is 0 Å². The number of hydrogen-bond donors (Lipinski definition) is 0. The van der Waals surface area contributed by atoms with Crippen LogP contribution in [-0.4, -0.2) is 34.7 Å². The molecular formula is C24H20O7. The first kappa shape index (κ1) is 20.3. The summed E-state index contributed by atoms with van der Waals surface area (Å²) in [5.41, 5.74) is 1.85. The summed E-state index contributed by atoms with van der Waals surface area (Å²) in [4.78, 5) is 24.8. The van der Waals surface area contributed by atoms with Gasteiger partial charge in [0.15, 0.2) is 16.9 Å². The van der Waals surface area contributed by atoms with Crippen molar-refractivity contribution in [2.45, 2.75) is 0 Å². The first-order valence-electron chi connectivity index (χ1n) is 9.40. The van der Waals surface area contributed by atoms with E-state index < -0.39 is 0 Å². The van der Waals surface area contributed by atoms with Crippen LogP contribution in [0.15, 0.2) is 51.7 Å². The van der Waals surface area contributed by atoms with E-state index >= 15 is 0 Å². The van der Waals surface area contributed by atoms with Gasteiger partial charge in [0.25, 0.3) is 0 Å². The maximum absolute atomic E-state index is 13.5. The molecule has 7 heteroatoms. The SMILES string of the molecule is COc1ccc2c(=O)c3c(OC)cc(OC)c(-c4cccc(C=O)c4)c3oc2c1OC. The van der Waals surface area contributed by atoms with Gasteiger partial charge in [-0.3, -0.25) is 9.59 Å². The van der Waals surface area contributed by atoms with Gasteiger partial charge in [0, 0.05) is 11.6 Å². The van der Waals surface area contributed by atoms with Crippen molar-refractivity contribution in [1.82, 2.24) is 0 Å². The summed E-state index contributed by atoms with van der Waals surface area (Å²) < 4.78 is 28.2. The molecule has 7 nitrogen and oxygen atoms in total. The Labute approximate surface area is 177 Å². The van der Waals surface area contributed by atoms with Gasteiger partial charge in [0.1, 0.15) is 23.2 Å². The third-order valence-corrected chi connectivity index (χ3v) is 5.14. The van der Waals surface area contributed by atoms with E-state index in [2.05, 4.69) is 0 Å². The third kappa shape index (κ3) is 3.15. The minimum atomic E-state index is -0.288. The minimum absolute atomic E-state index is 0.238. The molecule has 3 aromatic carbocycles. The van der Waals surface area contributed by atoms with Crippen LogP contribution in [-0.2, 0) is 0 Å². The summed E-state index contributed by atoms with van der Waals surface area (Å²) in [6, 6.07) is 11.8. The number of rotatable bonds is 6. The molecule has 158 valence electrons. The number of carbonyl (C=O) groups is 1. The van der Waals surface area contributed by atoms with Gasteiger partial charge in [0.05, 0.1) is 39.4 Å². The average Bonchev–Trinajstić information content (AvgIpc) is 2.82. The summed E-state index contributed by atoms with van der Waals surface area (Å²) in [7, 11) is 5.96. The number of benzene rings is 3. The molecule has 0 aliphatic rings. The highest BCUT2D eigenvalue weighted by atomic mass is 16.5. The molecule has 0 atom stereocenters. The summed E-state index contributed by atoms with van der Waals surface area (Å²) in [5, 5.41) is 0.579. The average molecular weight is 420 g/mol. The zero-order valence-electron chi connectivity index (χ0n) is 17.5. The fourth-order valence-electron chi connectivity index (χ4n) is 3.71. The quantitative estimate of drug-likeness (QED) is 0.336. The first-order valence-corrected chi connectivity index (χ1v) is 9.40. The van der Waals surface area contributed by atoms with Crippen molar-refractivity contribution in [2.75, 3.05) is 28.4 Å². The Balaban J connectivity index is 2.26. The summed E-state index contributed by atoms with van der Waals surface area (Å²) in [5.74, 6) is 1.47. The highest BCUT2D eigenvalue weighted by Crippen LogP contribution is 2.44. The van der Waals surface area contributed by atoms with Crippen LogP contribution >= 0.6 is 0 Å². The van der Waals surface area contributed by atoms with E-state index in [9.17, 15) is 9.59 Å². The smallest absolute Gasteiger partial charge is 0.204 e. The maximum atomic E-state index is 13.5. The molecule has 0 bridgehead atoms. The van der Waals surface area contributed by atoms with E-state index in [4.69, 9.17) is 23.4 Å². The monoisotopic (exact) mass is 420 g/mol. The molecule has 0 amide bonds. The molecule has 0 aliphatic carbocycles. The van der Waals surface area contributed by atoms with Gasteiger partial charge >= 0.3 is 0 Å². The highest BCUT2D eigenvalue weighted by molar-refractivity contribution is 6.04. The molecule has 0 unspecified atom stereocenters. The molecule has 1 heterocycles. The molecular weight excluding hydrogens is 400 g/mol. The third-order valence-electron chi connectivity index (χ3n) is 5.14. The van der Waals surface area contributed by atoms with Crippen LogP contribution in [0.5, 0.6) is 23.0 Å². The predicted molar refractivity (Wildman–Crippen MR) is 117 cm³/mol. The molecule has 0 N–H and O–H groups in total. The van der Waals surface area contributed by atoms with Crippen LogP contribution in [0, 0.1) is 0 Å². The lowest BCUT2D eigenvalue weighted by Gasteiger charge is -2.16. The van der Waals surface area contributed by atoms with Crippen molar-refractivity contribution in [3.8, 4) is 34.1 Å². The molecule has 4 aromatic rings. The van der Waals surface area contributed by atoms with Gasteiger partial charge in [-0.25, -0.2) is 0 Å². The molecule has 0 saturated carbocycles. The van der Waals surface area contributed by atoms with Gasteiger partial charge in [0.2, 0.25) is 11.2 Å². The molecule has 0 aliphatic heterocycles. The molecule has 4 rings (SSSR count). The van der Waals surface area contributed by atoms with Crippen LogP contribution in [0.4, 0.5) is 0 Å². The lowest BCUT2D eigenvalue weighted by molar-refractivity contribution is 0.112. The van der Waals surface area contributed by atoms with Crippen molar-refractivity contribution in [3.63, 3.8) is 0 Å². The zero-order valence-corrected chi connectivity index (χ0v) is 17.5. The topological polar surface area (TPSA) is 84.2 Å². The summed E-state index contributed by atoms with van der Waals surface area (Å²) >= 11 is 0. The molecule has 0 fully saturated rings. The van der Waals surface area contributed by atoms with E-state index in [0.29, 0.717) is 45.1 Å². The van der Waals surface area contributed by atoms with E-state index in [1.807, 2.05) is 6.07 Å². The van der Waals surface area contributed by atoms with E-state index in [1.165, 1.54) is 28.4 Å². The Hall–Kier alpha value is -4.00. The predicted octanol–water partition coefficient (Wildman–Crippen LogP) is 4.46. The van der Waals surface area contributed by atoms with Crippen molar-refractivity contribution in [1.29, 1.82) is 0 Å². The lowest BCUT2D eigenvalue weighted by Crippen LogP contribution is -2.07. The zero-order chi connectivity index (χ0) is 22.1. The van der Waals surface area contributed by atoms with Crippen LogP contribution in [0.25, 0.3) is 33.1 Å². The van der Waals surface area contributed by atoms with Crippen LogP contribution < -0.4 is 24.4 Å². The fourth-order valence-corrected chi connectivity index (χ4v) is 3.71.